The minimum absolute atomic E-state index is 0.0265. The van der Waals surface area contributed by atoms with Gasteiger partial charge >= 0.3 is 0 Å². The molecule has 2 atom stereocenters. The number of hydrogen-bond acceptors (Lipinski definition) is 4. The molecule has 1 saturated carbocycles. The molecule has 0 spiro atoms. The molecule has 3 heterocycles. The summed E-state index contributed by atoms with van der Waals surface area (Å²) in [6.07, 6.45) is 6.12. The van der Waals surface area contributed by atoms with Crippen molar-refractivity contribution >= 4 is 11.7 Å². The number of halogens is 2. The molecule has 0 aliphatic heterocycles. The topological polar surface area (TPSA) is 72.7 Å². The second-order valence-electron chi connectivity index (χ2n) is 6.37. The molecule has 0 saturated heterocycles. The van der Waals surface area contributed by atoms with E-state index in [0.717, 1.165) is 6.20 Å². The van der Waals surface area contributed by atoms with E-state index in [1.54, 1.807) is 12.3 Å². The van der Waals surface area contributed by atoms with Gasteiger partial charge in [-0.05, 0) is 24.5 Å². The van der Waals surface area contributed by atoms with Crippen LogP contribution in [0, 0.1) is 17.6 Å². The zero-order valence-corrected chi connectivity index (χ0v) is 13.9. The maximum atomic E-state index is 14.2. The maximum absolute atomic E-state index is 14.2. The Morgan fingerprint density at radius 2 is 2.15 bits per heavy atom. The van der Waals surface area contributed by atoms with Crippen LogP contribution in [-0.2, 0) is 10.2 Å². The average molecular weight is 355 g/mol. The molecule has 3 aromatic heterocycles. The van der Waals surface area contributed by atoms with Crippen LogP contribution in [0.2, 0.25) is 0 Å². The molecule has 1 N–H and O–H groups in total. The van der Waals surface area contributed by atoms with Gasteiger partial charge in [0.1, 0.15) is 11.6 Å². The van der Waals surface area contributed by atoms with Crippen molar-refractivity contribution in [2.24, 2.45) is 5.92 Å². The number of nitrogens with one attached hydrogen (secondary N) is 1. The SMILES string of the molecule is CC1CC1(C(=O)Nc1ccn(-c2cncc(F)c2)n1)c1ncccc1F. The van der Waals surface area contributed by atoms with Crippen LogP contribution < -0.4 is 5.32 Å². The van der Waals surface area contributed by atoms with E-state index in [1.807, 2.05) is 6.92 Å². The number of hydrogen-bond donors (Lipinski definition) is 1. The van der Waals surface area contributed by atoms with Gasteiger partial charge < -0.3 is 5.32 Å². The summed E-state index contributed by atoms with van der Waals surface area (Å²) >= 11 is 0. The summed E-state index contributed by atoms with van der Waals surface area (Å²) in [4.78, 5) is 20.7. The number of amides is 1. The molecule has 1 fully saturated rings. The predicted molar refractivity (Wildman–Crippen MR) is 89.6 cm³/mol. The van der Waals surface area contributed by atoms with Crippen LogP contribution in [0.1, 0.15) is 19.0 Å². The quantitative estimate of drug-likeness (QED) is 0.781. The Bertz CT molecular complexity index is 989. The zero-order valence-electron chi connectivity index (χ0n) is 13.9. The lowest BCUT2D eigenvalue weighted by Crippen LogP contribution is -2.31. The number of anilines is 1. The van der Waals surface area contributed by atoms with Gasteiger partial charge in [0.25, 0.3) is 0 Å². The molecule has 1 aliphatic carbocycles. The van der Waals surface area contributed by atoms with Crippen molar-refractivity contribution in [1.82, 2.24) is 19.7 Å². The van der Waals surface area contributed by atoms with Crippen molar-refractivity contribution in [3.05, 3.63) is 66.4 Å². The summed E-state index contributed by atoms with van der Waals surface area (Å²) in [5.74, 6) is -1.08. The Hall–Kier alpha value is -3.16. The van der Waals surface area contributed by atoms with Gasteiger partial charge in [-0.1, -0.05) is 6.92 Å². The first kappa shape index (κ1) is 16.3. The summed E-state index contributed by atoms with van der Waals surface area (Å²) in [6, 6.07) is 5.65. The Labute approximate surface area is 147 Å². The van der Waals surface area contributed by atoms with Crippen LogP contribution in [0.25, 0.3) is 5.69 Å². The number of aromatic nitrogens is 4. The van der Waals surface area contributed by atoms with Crippen molar-refractivity contribution in [2.45, 2.75) is 18.8 Å². The second-order valence-corrected chi connectivity index (χ2v) is 6.37. The molecular formula is C18H15F2N5O. The lowest BCUT2D eigenvalue weighted by atomic mass is 9.97. The van der Waals surface area contributed by atoms with E-state index in [0.29, 0.717) is 12.1 Å². The number of carbonyl (C=O) groups is 1. The van der Waals surface area contributed by atoms with E-state index in [-0.39, 0.29) is 23.3 Å². The van der Waals surface area contributed by atoms with Gasteiger partial charge in [-0.15, -0.1) is 0 Å². The van der Waals surface area contributed by atoms with Crippen LogP contribution in [0.4, 0.5) is 14.6 Å². The summed E-state index contributed by atoms with van der Waals surface area (Å²) < 4.78 is 28.8. The molecule has 8 heteroatoms. The molecule has 3 aromatic rings. The molecule has 1 amide bonds. The molecular weight excluding hydrogens is 340 g/mol. The van der Waals surface area contributed by atoms with E-state index in [2.05, 4.69) is 20.4 Å². The fourth-order valence-electron chi connectivity index (χ4n) is 3.18. The average Bonchev–Trinajstić information content (AvgIpc) is 3.09. The lowest BCUT2D eigenvalue weighted by Gasteiger charge is -2.15. The Kier molecular flexibility index (Phi) is 3.75. The standard InChI is InChI=1S/C18H15F2N5O/c1-11-8-18(11,16-14(20)3-2-5-22-16)17(26)23-15-4-6-25(24-15)13-7-12(19)9-21-10-13/h2-7,9-11H,8H2,1H3,(H,23,24,26). The molecule has 6 nitrogen and oxygen atoms in total. The van der Waals surface area contributed by atoms with Crippen molar-refractivity contribution in [2.75, 3.05) is 5.32 Å². The van der Waals surface area contributed by atoms with E-state index < -0.39 is 17.0 Å². The van der Waals surface area contributed by atoms with Gasteiger partial charge in [0, 0.05) is 24.5 Å². The Balaban J connectivity index is 1.58. The minimum Gasteiger partial charge on any atom is -0.308 e. The fraction of sp³-hybridized carbons (Fsp3) is 0.222. The van der Waals surface area contributed by atoms with Crippen LogP contribution in [-0.4, -0.2) is 25.7 Å². The van der Waals surface area contributed by atoms with E-state index in [9.17, 15) is 13.6 Å². The van der Waals surface area contributed by atoms with Crippen molar-refractivity contribution in [3.8, 4) is 5.69 Å². The number of pyridine rings is 2. The van der Waals surface area contributed by atoms with Crippen molar-refractivity contribution in [3.63, 3.8) is 0 Å². The number of nitrogens with zero attached hydrogens (tertiary/aromatic N) is 4. The largest absolute Gasteiger partial charge is 0.308 e. The highest BCUT2D eigenvalue weighted by Gasteiger charge is 2.61. The van der Waals surface area contributed by atoms with Gasteiger partial charge in [-0.25, -0.2) is 13.5 Å². The van der Waals surface area contributed by atoms with E-state index >= 15 is 0 Å². The maximum Gasteiger partial charge on any atom is 0.238 e. The summed E-state index contributed by atoms with van der Waals surface area (Å²) in [6.45, 7) is 1.88. The zero-order chi connectivity index (χ0) is 18.3. The first-order valence-electron chi connectivity index (χ1n) is 8.10. The molecule has 1 aliphatic rings. The molecule has 0 bridgehead atoms. The van der Waals surface area contributed by atoms with Crippen LogP contribution in [0.15, 0.2) is 49.1 Å². The summed E-state index contributed by atoms with van der Waals surface area (Å²) in [7, 11) is 0. The van der Waals surface area contributed by atoms with Crippen LogP contribution in [0.5, 0.6) is 0 Å². The van der Waals surface area contributed by atoms with Gasteiger partial charge in [0.05, 0.1) is 29.2 Å². The monoisotopic (exact) mass is 355 g/mol. The van der Waals surface area contributed by atoms with Gasteiger partial charge in [-0.2, -0.15) is 5.10 Å². The molecule has 26 heavy (non-hydrogen) atoms. The van der Waals surface area contributed by atoms with E-state index in [4.69, 9.17) is 0 Å². The molecule has 0 radical (unpaired) electrons. The smallest absolute Gasteiger partial charge is 0.238 e. The fourth-order valence-corrected chi connectivity index (χ4v) is 3.18. The number of carbonyl (C=O) groups excluding carboxylic acids is 1. The highest BCUT2D eigenvalue weighted by molar-refractivity contribution is 6.01. The summed E-state index contributed by atoms with van der Waals surface area (Å²) in [5.41, 5.74) is -0.412. The highest BCUT2D eigenvalue weighted by Crippen LogP contribution is 2.54. The second kappa shape index (κ2) is 5.98. The van der Waals surface area contributed by atoms with Crippen molar-refractivity contribution in [1.29, 1.82) is 0 Å². The molecule has 4 rings (SSSR count). The third-order valence-electron chi connectivity index (χ3n) is 4.68. The molecule has 0 aromatic carbocycles. The minimum atomic E-state index is -0.991. The predicted octanol–water partition coefficient (Wildman–Crippen LogP) is 2.86. The molecule has 2 unspecified atom stereocenters. The van der Waals surface area contributed by atoms with Gasteiger partial charge in [0.15, 0.2) is 5.82 Å². The lowest BCUT2D eigenvalue weighted by molar-refractivity contribution is -0.119. The highest BCUT2D eigenvalue weighted by atomic mass is 19.1. The van der Waals surface area contributed by atoms with Crippen LogP contribution >= 0.6 is 0 Å². The normalized spacial score (nSPS) is 21.4. The Morgan fingerprint density at radius 1 is 1.35 bits per heavy atom. The van der Waals surface area contributed by atoms with Crippen molar-refractivity contribution < 1.29 is 13.6 Å². The molecule has 132 valence electrons. The number of rotatable bonds is 4. The Morgan fingerprint density at radius 3 is 2.85 bits per heavy atom. The third kappa shape index (κ3) is 2.63. The van der Waals surface area contributed by atoms with Gasteiger partial charge in [0.2, 0.25) is 5.91 Å². The van der Waals surface area contributed by atoms with E-state index in [1.165, 1.54) is 35.3 Å². The van der Waals surface area contributed by atoms with Crippen LogP contribution in [0.3, 0.4) is 0 Å². The third-order valence-corrected chi connectivity index (χ3v) is 4.68. The first-order chi connectivity index (χ1) is 12.5. The summed E-state index contributed by atoms with van der Waals surface area (Å²) in [5, 5.41) is 6.92. The first-order valence-corrected chi connectivity index (χ1v) is 8.10. The van der Waals surface area contributed by atoms with Gasteiger partial charge in [-0.3, -0.25) is 14.8 Å².